The van der Waals surface area contributed by atoms with Gasteiger partial charge in [-0.05, 0) is 36.8 Å². The SMILES string of the molecule is Cc1cnc(Cl)c(NS(=O)(=O)N2CC(C)CC(C)C2)c1. The zero-order valence-corrected chi connectivity index (χ0v) is 13.5. The van der Waals surface area contributed by atoms with Crippen LogP contribution in [0.1, 0.15) is 25.8 Å². The van der Waals surface area contributed by atoms with Crippen LogP contribution in [0.5, 0.6) is 0 Å². The summed E-state index contributed by atoms with van der Waals surface area (Å²) in [5, 5.41) is 0.164. The second kappa shape index (κ2) is 5.87. The quantitative estimate of drug-likeness (QED) is 0.872. The summed E-state index contributed by atoms with van der Waals surface area (Å²) in [4.78, 5) is 3.96. The molecule has 0 spiro atoms. The second-order valence-corrected chi connectivity index (χ2v) is 7.75. The number of nitrogens with one attached hydrogen (secondary N) is 1. The minimum atomic E-state index is -3.58. The molecule has 0 radical (unpaired) electrons. The van der Waals surface area contributed by atoms with Gasteiger partial charge in [0.1, 0.15) is 0 Å². The maximum Gasteiger partial charge on any atom is 0.301 e. The number of halogens is 1. The summed E-state index contributed by atoms with van der Waals surface area (Å²) in [5.41, 5.74) is 1.19. The lowest BCUT2D eigenvalue weighted by Gasteiger charge is -2.34. The monoisotopic (exact) mass is 317 g/mol. The average Bonchev–Trinajstić information content (AvgIpc) is 2.32. The lowest BCUT2D eigenvalue weighted by Crippen LogP contribution is -2.45. The number of rotatable bonds is 3. The van der Waals surface area contributed by atoms with Crippen molar-refractivity contribution in [2.24, 2.45) is 11.8 Å². The molecule has 2 heterocycles. The van der Waals surface area contributed by atoms with Crippen LogP contribution >= 0.6 is 11.6 Å². The van der Waals surface area contributed by atoms with Crippen LogP contribution in [-0.4, -0.2) is 30.8 Å². The Kier molecular flexibility index (Phi) is 4.56. The molecule has 1 aliphatic heterocycles. The maximum absolute atomic E-state index is 12.4. The molecule has 1 N–H and O–H groups in total. The van der Waals surface area contributed by atoms with Gasteiger partial charge in [0, 0.05) is 19.3 Å². The Labute approximate surface area is 125 Å². The predicted octanol–water partition coefficient (Wildman–Crippen LogP) is 2.68. The van der Waals surface area contributed by atoms with E-state index in [-0.39, 0.29) is 5.15 Å². The molecule has 1 aromatic rings. The molecule has 0 saturated carbocycles. The predicted molar refractivity (Wildman–Crippen MR) is 81.0 cm³/mol. The smallest absolute Gasteiger partial charge is 0.268 e. The summed E-state index contributed by atoms with van der Waals surface area (Å²) in [6.07, 6.45) is 2.66. The van der Waals surface area contributed by atoms with Gasteiger partial charge in [-0.15, -0.1) is 0 Å². The maximum atomic E-state index is 12.4. The molecule has 2 rings (SSSR count). The van der Waals surface area contributed by atoms with Gasteiger partial charge in [-0.25, -0.2) is 4.98 Å². The van der Waals surface area contributed by atoms with Gasteiger partial charge in [0.05, 0.1) is 5.69 Å². The first kappa shape index (κ1) is 15.5. The van der Waals surface area contributed by atoms with E-state index >= 15 is 0 Å². The Morgan fingerprint density at radius 1 is 1.35 bits per heavy atom. The molecule has 20 heavy (non-hydrogen) atoms. The van der Waals surface area contributed by atoms with Crippen LogP contribution in [0, 0.1) is 18.8 Å². The summed E-state index contributed by atoms with van der Waals surface area (Å²) in [6, 6.07) is 1.68. The van der Waals surface area contributed by atoms with E-state index in [9.17, 15) is 8.42 Å². The molecule has 1 fully saturated rings. The molecule has 2 atom stereocenters. The Bertz CT molecular complexity index is 581. The van der Waals surface area contributed by atoms with Crippen LogP contribution < -0.4 is 4.72 Å². The Balaban J connectivity index is 2.20. The van der Waals surface area contributed by atoms with Crippen LogP contribution in [-0.2, 0) is 10.2 Å². The highest BCUT2D eigenvalue weighted by Crippen LogP contribution is 2.26. The van der Waals surface area contributed by atoms with Gasteiger partial charge in [-0.1, -0.05) is 25.4 Å². The van der Waals surface area contributed by atoms with Crippen molar-refractivity contribution in [3.8, 4) is 0 Å². The van der Waals surface area contributed by atoms with E-state index < -0.39 is 10.2 Å². The second-order valence-electron chi connectivity index (χ2n) is 5.72. The van der Waals surface area contributed by atoms with Crippen molar-refractivity contribution in [3.63, 3.8) is 0 Å². The van der Waals surface area contributed by atoms with E-state index in [4.69, 9.17) is 11.6 Å². The summed E-state index contributed by atoms with van der Waals surface area (Å²) < 4.78 is 28.9. The van der Waals surface area contributed by atoms with Crippen LogP contribution in [0.15, 0.2) is 12.3 Å². The van der Waals surface area contributed by atoms with Crippen molar-refractivity contribution in [1.29, 1.82) is 0 Å². The van der Waals surface area contributed by atoms with E-state index in [2.05, 4.69) is 23.6 Å². The lowest BCUT2D eigenvalue weighted by atomic mass is 9.94. The van der Waals surface area contributed by atoms with E-state index in [1.165, 1.54) is 4.31 Å². The molecule has 2 unspecified atom stereocenters. The fourth-order valence-electron chi connectivity index (χ4n) is 2.63. The number of anilines is 1. The van der Waals surface area contributed by atoms with Crippen LogP contribution in [0.3, 0.4) is 0 Å². The molecule has 5 nitrogen and oxygen atoms in total. The average molecular weight is 318 g/mol. The van der Waals surface area contributed by atoms with Crippen molar-refractivity contribution < 1.29 is 8.42 Å². The molecule has 1 saturated heterocycles. The third-order valence-electron chi connectivity index (χ3n) is 3.39. The normalized spacial score (nSPS) is 24.6. The van der Waals surface area contributed by atoms with Crippen LogP contribution in [0.25, 0.3) is 0 Å². The zero-order valence-electron chi connectivity index (χ0n) is 11.9. The number of hydrogen-bond donors (Lipinski definition) is 1. The largest absolute Gasteiger partial charge is 0.301 e. The van der Waals surface area contributed by atoms with Crippen molar-refractivity contribution in [2.45, 2.75) is 27.2 Å². The van der Waals surface area contributed by atoms with Gasteiger partial charge < -0.3 is 0 Å². The Hall–Kier alpha value is -0.850. The molecule has 0 bridgehead atoms. The van der Waals surface area contributed by atoms with Crippen molar-refractivity contribution in [1.82, 2.24) is 9.29 Å². The number of hydrogen-bond acceptors (Lipinski definition) is 3. The van der Waals surface area contributed by atoms with Gasteiger partial charge >= 0.3 is 10.2 Å². The van der Waals surface area contributed by atoms with Crippen molar-refractivity contribution in [3.05, 3.63) is 23.0 Å². The highest BCUT2D eigenvalue weighted by atomic mass is 35.5. The highest BCUT2D eigenvalue weighted by molar-refractivity contribution is 7.90. The number of piperidine rings is 1. The van der Waals surface area contributed by atoms with Gasteiger partial charge in [0.15, 0.2) is 5.15 Å². The summed E-state index contributed by atoms with van der Waals surface area (Å²) in [6.45, 7) is 7.05. The van der Waals surface area contributed by atoms with Crippen molar-refractivity contribution >= 4 is 27.5 Å². The minimum Gasteiger partial charge on any atom is -0.268 e. The van der Waals surface area contributed by atoms with Crippen molar-refractivity contribution in [2.75, 3.05) is 17.8 Å². The molecule has 0 aliphatic carbocycles. The molecule has 1 aliphatic rings. The fourth-order valence-corrected chi connectivity index (χ4v) is 4.30. The first-order valence-electron chi connectivity index (χ1n) is 6.68. The minimum absolute atomic E-state index is 0.164. The van der Waals surface area contributed by atoms with Gasteiger partial charge in [-0.2, -0.15) is 12.7 Å². The molecule has 112 valence electrons. The van der Waals surface area contributed by atoms with E-state index in [0.717, 1.165) is 12.0 Å². The van der Waals surface area contributed by atoms with E-state index in [0.29, 0.717) is 30.6 Å². The molecule has 0 aromatic carbocycles. The highest BCUT2D eigenvalue weighted by Gasteiger charge is 2.30. The Morgan fingerprint density at radius 3 is 2.55 bits per heavy atom. The number of aryl methyl sites for hydroxylation is 1. The molecule has 1 aromatic heterocycles. The summed E-state index contributed by atoms with van der Waals surface area (Å²) in [7, 11) is -3.58. The molecular weight excluding hydrogens is 298 g/mol. The van der Waals surface area contributed by atoms with E-state index in [1.807, 2.05) is 6.92 Å². The summed E-state index contributed by atoms with van der Waals surface area (Å²) in [5.74, 6) is 0.725. The third kappa shape index (κ3) is 3.62. The zero-order chi connectivity index (χ0) is 14.9. The number of pyridine rings is 1. The molecular formula is C13H20ClN3O2S. The van der Waals surface area contributed by atoms with Crippen LogP contribution in [0.2, 0.25) is 5.15 Å². The first-order valence-corrected chi connectivity index (χ1v) is 8.50. The van der Waals surface area contributed by atoms with E-state index in [1.54, 1.807) is 12.3 Å². The number of aromatic nitrogens is 1. The van der Waals surface area contributed by atoms with Crippen LogP contribution in [0.4, 0.5) is 5.69 Å². The lowest BCUT2D eigenvalue weighted by molar-refractivity contribution is 0.223. The molecule has 7 heteroatoms. The molecule has 0 amide bonds. The summed E-state index contributed by atoms with van der Waals surface area (Å²) >= 11 is 5.94. The number of nitrogens with zero attached hydrogens (tertiary/aromatic N) is 2. The topological polar surface area (TPSA) is 62.3 Å². The van der Waals surface area contributed by atoms with Gasteiger partial charge in [-0.3, -0.25) is 4.72 Å². The Morgan fingerprint density at radius 2 is 1.95 bits per heavy atom. The fraction of sp³-hybridized carbons (Fsp3) is 0.615. The van der Waals surface area contributed by atoms with Gasteiger partial charge in [0.25, 0.3) is 0 Å². The standard InChI is InChI=1S/C13H20ClN3O2S/c1-9-5-12(13(14)15-6-9)16-20(18,19)17-7-10(2)4-11(3)8-17/h5-6,10-11,16H,4,7-8H2,1-3H3. The third-order valence-corrected chi connectivity index (χ3v) is 5.15. The van der Waals surface area contributed by atoms with Gasteiger partial charge in [0.2, 0.25) is 0 Å². The first-order chi connectivity index (χ1) is 9.28.